The lowest BCUT2D eigenvalue weighted by atomic mass is 9.93. The van der Waals surface area contributed by atoms with Crippen LogP contribution in [-0.2, 0) is 0 Å². The number of unbranched alkanes of at least 4 members (excludes halogenated alkanes) is 7. The second-order valence-corrected chi connectivity index (χ2v) is 8.37. The zero-order valence-electron chi connectivity index (χ0n) is 18.7. The van der Waals surface area contributed by atoms with Crippen LogP contribution in [0.3, 0.4) is 0 Å². The molecule has 2 rings (SSSR count). The van der Waals surface area contributed by atoms with E-state index < -0.39 is 0 Å². The van der Waals surface area contributed by atoms with Crippen LogP contribution in [0.5, 0.6) is 0 Å². The van der Waals surface area contributed by atoms with Crippen molar-refractivity contribution in [3.05, 3.63) is 83.9 Å². The molecule has 1 heteroatoms. The molecule has 0 aromatic heterocycles. The van der Waals surface area contributed by atoms with Crippen molar-refractivity contribution in [3.63, 3.8) is 0 Å². The molecule has 1 nitrogen and oxygen atoms in total. The summed E-state index contributed by atoms with van der Waals surface area (Å²) in [6, 6.07) is 21.3. The van der Waals surface area contributed by atoms with Crippen molar-refractivity contribution < 1.29 is 0 Å². The van der Waals surface area contributed by atoms with Crippen LogP contribution in [0.2, 0.25) is 0 Å². The van der Waals surface area contributed by atoms with Crippen molar-refractivity contribution >= 4 is 12.2 Å². The fourth-order valence-electron chi connectivity index (χ4n) is 3.89. The van der Waals surface area contributed by atoms with E-state index in [9.17, 15) is 0 Å². The van der Waals surface area contributed by atoms with Gasteiger partial charge in [0.2, 0.25) is 0 Å². The van der Waals surface area contributed by atoms with E-state index in [1.807, 2.05) is 0 Å². The fourth-order valence-corrected chi connectivity index (χ4v) is 3.89. The van der Waals surface area contributed by atoms with Gasteiger partial charge in [0.25, 0.3) is 0 Å². The van der Waals surface area contributed by atoms with Crippen molar-refractivity contribution in [2.45, 2.75) is 70.6 Å². The van der Waals surface area contributed by atoms with Crippen LogP contribution in [0.25, 0.3) is 12.2 Å². The second kappa shape index (κ2) is 16.7. The summed E-state index contributed by atoms with van der Waals surface area (Å²) in [7, 11) is 0. The fraction of sp³-hybridized carbons (Fsp3) is 0.448. The maximum absolute atomic E-state index is 5.56. The van der Waals surface area contributed by atoms with Gasteiger partial charge in [0.05, 0.1) is 0 Å². The highest BCUT2D eigenvalue weighted by atomic mass is 14.5. The zero-order valence-corrected chi connectivity index (χ0v) is 18.7. The first kappa shape index (κ1) is 24.2. The lowest BCUT2D eigenvalue weighted by molar-refractivity contribution is 0.457. The van der Waals surface area contributed by atoms with Crippen LogP contribution < -0.4 is 5.73 Å². The molecular formula is C29H41N. The Hall–Kier alpha value is -2.12. The Bertz CT molecular complexity index is 635. The molecule has 0 aliphatic rings. The van der Waals surface area contributed by atoms with Crippen molar-refractivity contribution in [3.8, 4) is 0 Å². The molecular weight excluding hydrogens is 362 g/mol. The highest BCUT2D eigenvalue weighted by Gasteiger charge is 2.05. The molecule has 0 saturated carbocycles. The number of hydrogen-bond acceptors (Lipinski definition) is 1. The number of nitrogens with two attached hydrogens (primary N) is 1. The Morgan fingerprint density at radius 3 is 1.47 bits per heavy atom. The molecule has 0 fully saturated rings. The van der Waals surface area contributed by atoms with Gasteiger partial charge in [0, 0.05) is 0 Å². The molecule has 0 unspecified atom stereocenters. The Morgan fingerprint density at radius 2 is 1.00 bits per heavy atom. The number of allylic oxidation sites excluding steroid dienone is 2. The van der Waals surface area contributed by atoms with E-state index >= 15 is 0 Å². The van der Waals surface area contributed by atoms with Crippen molar-refractivity contribution in [2.75, 3.05) is 6.54 Å². The minimum atomic E-state index is 0.731. The third kappa shape index (κ3) is 11.8. The van der Waals surface area contributed by atoms with Gasteiger partial charge >= 0.3 is 0 Å². The van der Waals surface area contributed by atoms with E-state index in [4.69, 9.17) is 5.73 Å². The molecule has 2 aromatic carbocycles. The largest absolute Gasteiger partial charge is 0.330 e. The van der Waals surface area contributed by atoms with Crippen LogP contribution >= 0.6 is 0 Å². The molecule has 30 heavy (non-hydrogen) atoms. The molecule has 2 N–H and O–H groups in total. The first-order valence-corrected chi connectivity index (χ1v) is 12.0. The van der Waals surface area contributed by atoms with Crippen molar-refractivity contribution in [1.29, 1.82) is 0 Å². The summed E-state index contributed by atoms with van der Waals surface area (Å²) in [5.74, 6) is 0.731. The van der Waals surface area contributed by atoms with E-state index in [0.717, 1.165) is 25.3 Å². The summed E-state index contributed by atoms with van der Waals surface area (Å²) < 4.78 is 0. The highest BCUT2D eigenvalue weighted by molar-refractivity contribution is 5.49. The predicted octanol–water partition coefficient (Wildman–Crippen LogP) is 8.28. The lowest BCUT2D eigenvalue weighted by Gasteiger charge is -2.13. The predicted molar refractivity (Wildman–Crippen MR) is 134 cm³/mol. The first-order chi connectivity index (χ1) is 14.9. The Kier molecular flexibility index (Phi) is 13.4. The zero-order chi connectivity index (χ0) is 21.1. The summed E-state index contributed by atoms with van der Waals surface area (Å²) in [5, 5.41) is 0. The van der Waals surface area contributed by atoms with Gasteiger partial charge < -0.3 is 5.73 Å². The smallest absolute Gasteiger partial charge is 0.00773 e. The van der Waals surface area contributed by atoms with Gasteiger partial charge in [0.15, 0.2) is 0 Å². The Labute approximate surface area is 185 Å². The SMILES string of the molecule is NCCCCCCCCCCC(CC=Cc1ccccc1)CC=Cc1ccccc1. The second-order valence-electron chi connectivity index (χ2n) is 8.37. The quantitative estimate of drug-likeness (QED) is 0.280. The molecule has 0 heterocycles. The van der Waals surface area contributed by atoms with E-state index in [0.29, 0.717) is 0 Å². The minimum absolute atomic E-state index is 0.731. The topological polar surface area (TPSA) is 26.0 Å². The lowest BCUT2D eigenvalue weighted by Crippen LogP contribution is -1.98. The van der Waals surface area contributed by atoms with Crippen molar-refractivity contribution in [1.82, 2.24) is 0 Å². The molecule has 0 atom stereocenters. The van der Waals surface area contributed by atoms with Gasteiger partial charge in [-0.2, -0.15) is 0 Å². The van der Waals surface area contributed by atoms with Gasteiger partial charge in [-0.15, -0.1) is 0 Å². The van der Waals surface area contributed by atoms with Gasteiger partial charge in [-0.05, 0) is 49.3 Å². The molecule has 0 spiro atoms. The molecule has 2 aromatic rings. The summed E-state index contributed by atoms with van der Waals surface area (Å²) in [6.07, 6.45) is 23.7. The molecule has 0 saturated heterocycles. The summed E-state index contributed by atoms with van der Waals surface area (Å²) in [6.45, 7) is 0.846. The standard InChI is InChI=1S/C29H41N/c30-26-14-6-4-2-1-3-5-9-17-29(24-15-22-27-18-10-7-11-19-27)25-16-23-28-20-12-8-13-21-28/h7-8,10-13,15-16,18-23,29H,1-6,9,14,17,24-26,30H2. The molecule has 162 valence electrons. The van der Waals surface area contributed by atoms with Crippen LogP contribution in [0.15, 0.2) is 72.8 Å². The average molecular weight is 404 g/mol. The highest BCUT2D eigenvalue weighted by Crippen LogP contribution is 2.21. The van der Waals surface area contributed by atoms with E-state index in [2.05, 4.69) is 85.0 Å². The molecule has 0 amide bonds. The van der Waals surface area contributed by atoms with Crippen LogP contribution in [0.1, 0.15) is 81.8 Å². The minimum Gasteiger partial charge on any atom is -0.330 e. The normalized spacial score (nSPS) is 12.7. The van der Waals surface area contributed by atoms with Crippen LogP contribution in [-0.4, -0.2) is 6.54 Å². The van der Waals surface area contributed by atoms with Gasteiger partial charge in [-0.1, -0.05) is 130 Å². The van der Waals surface area contributed by atoms with Gasteiger partial charge in [0.1, 0.15) is 0 Å². The van der Waals surface area contributed by atoms with Crippen molar-refractivity contribution in [2.24, 2.45) is 11.7 Å². The van der Waals surface area contributed by atoms with Gasteiger partial charge in [-0.3, -0.25) is 0 Å². The summed E-state index contributed by atoms with van der Waals surface area (Å²) in [4.78, 5) is 0. The summed E-state index contributed by atoms with van der Waals surface area (Å²) >= 11 is 0. The first-order valence-electron chi connectivity index (χ1n) is 12.0. The molecule has 0 bridgehead atoms. The monoisotopic (exact) mass is 403 g/mol. The number of benzene rings is 2. The van der Waals surface area contributed by atoms with E-state index in [1.54, 1.807) is 0 Å². The van der Waals surface area contributed by atoms with E-state index in [1.165, 1.54) is 68.9 Å². The maximum Gasteiger partial charge on any atom is -0.00773 e. The average Bonchev–Trinajstić information content (AvgIpc) is 2.79. The third-order valence-electron chi connectivity index (χ3n) is 5.73. The Balaban J connectivity index is 1.72. The van der Waals surface area contributed by atoms with Gasteiger partial charge in [-0.25, -0.2) is 0 Å². The molecule has 0 radical (unpaired) electrons. The summed E-state index contributed by atoms with van der Waals surface area (Å²) in [5.41, 5.74) is 8.16. The van der Waals surface area contributed by atoms with E-state index in [-0.39, 0.29) is 0 Å². The number of hydrogen-bond donors (Lipinski definition) is 1. The molecule has 0 aliphatic heterocycles. The Morgan fingerprint density at radius 1 is 0.567 bits per heavy atom. The van der Waals surface area contributed by atoms with Crippen LogP contribution in [0.4, 0.5) is 0 Å². The third-order valence-corrected chi connectivity index (χ3v) is 5.73. The molecule has 0 aliphatic carbocycles. The number of rotatable bonds is 16. The van der Waals surface area contributed by atoms with Crippen LogP contribution in [0, 0.1) is 5.92 Å². The maximum atomic E-state index is 5.56.